The second kappa shape index (κ2) is 4.03. The number of aromatic nitrogens is 1. The highest BCUT2D eigenvalue weighted by molar-refractivity contribution is 7.90. The standard InChI is InChI=1S/C10H14N2O3S/c1-16(14,15)9-3-2-4-11-10(9)12-7-5-8(13)6-7/h2-4,7-8,13H,5-6H2,1H3,(H,11,12). The second-order valence-corrected chi connectivity index (χ2v) is 6.07. The van der Waals surface area contributed by atoms with Gasteiger partial charge in [-0.25, -0.2) is 13.4 Å². The molecule has 5 nitrogen and oxygen atoms in total. The topological polar surface area (TPSA) is 79.3 Å². The molecular weight excluding hydrogens is 228 g/mol. The molecule has 2 N–H and O–H groups in total. The fourth-order valence-corrected chi connectivity index (χ4v) is 2.49. The molecule has 0 radical (unpaired) electrons. The quantitative estimate of drug-likeness (QED) is 0.803. The van der Waals surface area contributed by atoms with Gasteiger partial charge in [-0.1, -0.05) is 0 Å². The highest BCUT2D eigenvalue weighted by Crippen LogP contribution is 2.26. The third-order valence-electron chi connectivity index (χ3n) is 2.62. The lowest BCUT2D eigenvalue weighted by atomic mass is 9.89. The molecule has 1 heterocycles. The Labute approximate surface area is 94.4 Å². The first-order valence-corrected chi connectivity index (χ1v) is 6.95. The van der Waals surface area contributed by atoms with E-state index in [1.807, 2.05) is 0 Å². The van der Waals surface area contributed by atoms with Crippen molar-refractivity contribution in [2.24, 2.45) is 0 Å². The molecule has 1 saturated carbocycles. The number of aliphatic hydroxyl groups excluding tert-OH is 1. The van der Waals surface area contributed by atoms with E-state index in [9.17, 15) is 8.42 Å². The molecule has 0 bridgehead atoms. The first-order chi connectivity index (χ1) is 7.47. The minimum atomic E-state index is -3.26. The van der Waals surface area contributed by atoms with Gasteiger partial charge in [0.1, 0.15) is 10.7 Å². The molecule has 88 valence electrons. The molecule has 1 aliphatic rings. The van der Waals surface area contributed by atoms with Gasteiger partial charge in [0.25, 0.3) is 0 Å². The summed E-state index contributed by atoms with van der Waals surface area (Å²) < 4.78 is 23.0. The van der Waals surface area contributed by atoms with Gasteiger partial charge in [-0.05, 0) is 25.0 Å². The Kier molecular flexibility index (Phi) is 2.86. The van der Waals surface area contributed by atoms with Gasteiger partial charge in [-0.3, -0.25) is 0 Å². The van der Waals surface area contributed by atoms with E-state index in [0.29, 0.717) is 18.7 Å². The van der Waals surface area contributed by atoms with E-state index in [-0.39, 0.29) is 17.0 Å². The molecule has 2 rings (SSSR count). The molecule has 0 aliphatic heterocycles. The van der Waals surface area contributed by atoms with Gasteiger partial charge in [0.15, 0.2) is 9.84 Å². The Morgan fingerprint density at radius 1 is 1.50 bits per heavy atom. The normalized spacial score (nSPS) is 24.9. The summed E-state index contributed by atoms with van der Waals surface area (Å²) in [6.45, 7) is 0. The van der Waals surface area contributed by atoms with Crippen LogP contribution in [0.1, 0.15) is 12.8 Å². The van der Waals surface area contributed by atoms with Crippen molar-refractivity contribution >= 4 is 15.7 Å². The summed E-state index contributed by atoms with van der Waals surface area (Å²) in [5, 5.41) is 12.2. The first-order valence-electron chi connectivity index (χ1n) is 5.06. The van der Waals surface area contributed by atoms with Gasteiger partial charge < -0.3 is 10.4 Å². The summed E-state index contributed by atoms with van der Waals surface area (Å²) in [4.78, 5) is 4.23. The molecule has 1 aromatic heterocycles. The van der Waals surface area contributed by atoms with E-state index in [2.05, 4.69) is 10.3 Å². The van der Waals surface area contributed by atoms with Crippen molar-refractivity contribution in [2.75, 3.05) is 11.6 Å². The third-order valence-corrected chi connectivity index (χ3v) is 3.75. The average Bonchev–Trinajstić information content (AvgIpc) is 2.14. The minimum absolute atomic E-state index is 0.116. The summed E-state index contributed by atoms with van der Waals surface area (Å²) in [7, 11) is -3.26. The Hall–Kier alpha value is -1.14. The van der Waals surface area contributed by atoms with Crippen molar-refractivity contribution in [3.63, 3.8) is 0 Å². The molecule has 1 fully saturated rings. The third kappa shape index (κ3) is 2.33. The van der Waals surface area contributed by atoms with Gasteiger partial charge >= 0.3 is 0 Å². The van der Waals surface area contributed by atoms with Crippen LogP contribution in [0.4, 0.5) is 5.82 Å². The van der Waals surface area contributed by atoms with Crippen molar-refractivity contribution in [1.29, 1.82) is 0 Å². The molecule has 0 aromatic carbocycles. The second-order valence-electron chi connectivity index (χ2n) is 4.09. The van der Waals surface area contributed by atoms with Crippen LogP contribution in [0.2, 0.25) is 0 Å². The average molecular weight is 242 g/mol. The molecular formula is C10H14N2O3S. The van der Waals surface area contributed by atoms with Crippen molar-refractivity contribution in [2.45, 2.75) is 29.9 Å². The number of aliphatic hydroxyl groups is 1. The number of nitrogens with zero attached hydrogens (tertiary/aromatic N) is 1. The monoisotopic (exact) mass is 242 g/mol. The Bertz CT molecular complexity index is 481. The Balaban J connectivity index is 2.21. The lowest BCUT2D eigenvalue weighted by Gasteiger charge is -2.32. The van der Waals surface area contributed by atoms with Crippen molar-refractivity contribution in [3.8, 4) is 0 Å². The summed E-state index contributed by atoms with van der Waals surface area (Å²) in [6.07, 6.45) is 3.71. The number of pyridine rings is 1. The Morgan fingerprint density at radius 3 is 2.75 bits per heavy atom. The molecule has 6 heteroatoms. The van der Waals surface area contributed by atoms with Gasteiger partial charge in [0, 0.05) is 18.5 Å². The van der Waals surface area contributed by atoms with E-state index in [0.717, 1.165) is 6.26 Å². The van der Waals surface area contributed by atoms with E-state index in [1.54, 1.807) is 12.3 Å². The predicted molar refractivity (Wildman–Crippen MR) is 60.0 cm³/mol. The molecule has 16 heavy (non-hydrogen) atoms. The van der Waals surface area contributed by atoms with E-state index < -0.39 is 9.84 Å². The molecule has 1 aromatic rings. The van der Waals surface area contributed by atoms with Crippen LogP contribution in [0.25, 0.3) is 0 Å². The first kappa shape index (κ1) is 11.3. The zero-order valence-corrected chi connectivity index (χ0v) is 9.74. The molecule has 0 spiro atoms. The highest BCUT2D eigenvalue weighted by atomic mass is 32.2. The number of nitrogens with one attached hydrogen (secondary N) is 1. The van der Waals surface area contributed by atoms with E-state index in [1.165, 1.54) is 6.07 Å². The number of sulfone groups is 1. The van der Waals surface area contributed by atoms with Crippen LogP contribution in [0.5, 0.6) is 0 Å². The van der Waals surface area contributed by atoms with Crippen LogP contribution < -0.4 is 5.32 Å². The zero-order chi connectivity index (χ0) is 11.8. The van der Waals surface area contributed by atoms with Crippen molar-refractivity contribution in [1.82, 2.24) is 4.98 Å². The van der Waals surface area contributed by atoms with Crippen LogP contribution in [-0.2, 0) is 9.84 Å². The summed E-state index contributed by atoms with van der Waals surface area (Å²) >= 11 is 0. The predicted octanol–water partition coefficient (Wildman–Crippen LogP) is 0.420. The lowest BCUT2D eigenvalue weighted by molar-refractivity contribution is 0.0834. The molecule has 0 saturated heterocycles. The molecule has 0 amide bonds. The van der Waals surface area contributed by atoms with Crippen LogP contribution in [0.15, 0.2) is 23.2 Å². The van der Waals surface area contributed by atoms with Crippen LogP contribution in [0.3, 0.4) is 0 Å². The zero-order valence-electron chi connectivity index (χ0n) is 8.92. The minimum Gasteiger partial charge on any atom is -0.393 e. The summed E-state index contributed by atoms with van der Waals surface area (Å²) in [5.74, 6) is 0.377. The van der Waals surface area contributed by atoms with Crippen LogP contribution in [-0.4, -0.2) is 36.9 Å². The van der Waals surface area contributed by atoms with E-state index in [4.69, 9.17) is 5.11 Å². The number of rotatable bonds is 3. The highest BCUT2D eigenvalue weighted by Gasteiger charge is 2.28. The van der Waals surface area contributed by atoms with Gasteiger partial charge in [0.2, 0.25) is 0 Å². The fourth-order valence-electron chi connectivity index (χ4n) is 1.70. The summed E-state index contributed by atoms with van der Waals surface area (Å²) in [5.41, 5.74) is 0. The SMILES string of the molecule is CS(=O)(=O)c1cccnc1NC1CC(O)C1. The Morgan fingerprint density at radius 2 is 2.19 bits per heavy atom. The largest absolute Gasteiger partial charge is 0.393 e. The van der Waals surface area contributed by atoms with Gasteiger partial charge in [0.05, 0.1) is 6.10 Å². The molecule has 1 aliphatic carbocycles. The molecule has 0 atom stereocenters. The maximum Gasteiger partial charge on any atom is 0.179 e. The number of hydrogen-bond donors (Lipinski definition) is 2. The maximum absolute atomic E-state index is 11.5. The maximum atomic E-state index is 11.5. The van der Waals surface area contributed by atoms with Crippen molar-refractivity contribution < 1.29 is 13.5 Å². The smallest absolute Gasteiger partial charge is 0.179 e. The number of anilines is 1. The fraction of sp³-hybridized carbons (Fsp3) is 0.500. The van der Waals surface area contributed by atoms with Crippen LogP contribution >= 0.6 is 0 Å². The lowest BCUT2D eigenvalue weighted by Crippen LogP contribution is -2.39. The molecule has 0 unspecified atom stereocenters. The van der Waals surface area contributed by atoms with Crippen LogP contribution in [0, 0.1) is 0 Å². The van der Waals surface area contributed by atoms with Crippen molar-refractivity contribution in [3.05, 3.63) is 18.3 Å². The summed E-state index contributed by atoms with van der Waals surface area (Å²) in [6, 6.07) is 3.24. The van der Waals surface area contributed by atoms with E-state index >= 15 is 0 Å². The number of hydrogen-bond acceptors (Lipinski definition) is 5. The van der Waals surface area contributed by atoms with Gasteiger partial charge in [-0.2, -0.15) is 0 Å². The van der Waals surface area contributed by atoms with Gasteiger partial charge in [-0.15, -0.1) is 0 Å².